The van der Waals surface area contributed by atoms with Crippen LogP contribution in [0.4, 0.5) is 8.78 Å². The van der Waals surface area contributed by atoms with Crippen LogP contribution >= 0.6 is 0 Å². The molecule has 0 aliphatic rings. The van der Waals surface area contributed by atoms with E-state index >= 15 is 0 Å². The number of rotatable bonds is 5. The van der Waals surface area contributed by atoms with Gasteiger partial charge in [-0.1, -0.05) is 5.16 Å². The zero-order valence-electron chi connectivity index (χ0n) is 10.7. The molecular formula is C12H13F2N3O3. The second-order valence-corrected chi connectivity index (χ2v) is 4.21. The minimum atomic E-state index is -2.67. The number of aryl methyl sites for hydroxylation is 1. The van der Waals surface area contributed by atoms with Crippen LogP contribution in [0, 0.1) is 6.92 Å². The Morgan fingerprint density at radius 1 is 1.55 bits per heavy atom. The molecular weight excluding hydrogens is 272 g/mol. The molecule has 1 N–H and O–H groups in total. The van der Waals surface area contributed by atoms with Crippen molar-refractivity contribution in [3.8, 4) is 0 Å². The molecule has 0 aliphatic carbocycles. The van der Waals surface area contributed by atoms with Gasteiger partial charge in [0.25, 0.3) is 18.0 Å². The number of aliphatic hydroxyl groups excluding tert-OH is 1. The van der Waals surface area contributed by atoms with Crippen molar-refractivity contribution in [1.82, 2.24) is 15.0 Å². The van der Waals surface area contributed by atoms with Crippen molar-refractivity contribution >= 4 is 17.0 Å². The largest absolute Gasteiger partial charge is 0.395 e. The number of aromatic nitrogens is 2. The van der Waals surface area contributed by atoms with Crippen molar-refractivity contribution in [2.45, 2.75) is 13.3 Å². The van der Waals surface area contributed by atoms with E-state index in [1.165, 1.54) is 12.3 Å². The molecule has 2 rings (SSSR count). The molecule has 108 valence electrons. The van der Waals surface area contributed by atoms with E-state index in [1.807, 2.05) is 0 Å². The van der Waals surface area contributed by atoms with E-state index in [9.17, 15) is 13.6 Å². The van der Waals surface area contributed by atoms with Gasteiger partial charge in [0.05, 0.1) is 29.8 Å². The molecule has 0 aromatic carbocycles. The summed E-state index contributed by atoms with van der Waals surface area (Å²) in [6, 6.07) is 1.49. The maximum absolute atomic E-state index is 12.4. The summed E-state index contributed by atoms with van der Waals surface area (Å²) in [6.45, 7) is 0.400. The third-order valence-corrected chi connectivity index (χ3v) is 2.77. The summed E-state index contributed by atoms with van der Waals surface area (Å²) in [7, 11) is 0. The highest BCUT2D eigenvalue weighted by atomic mass is 19.3. The summed E-state index contributed by atoms with van der Waals surface area (Å²) >= 11 is 0. The van der Waals surface area contributed by atoms with Crippen LogP contribution in [0.5, 0.6) is 0 Å². The zero-order valence-corrected chi connectivity index (χ0v) is 10.7. The molecule has 1 amide bonds. The van der Waals surface area contributed by atoms with Crippen molar-refractivity contribution in [3.63, 3.8) is 0 Å². The van der Waals surface area contributed by atoms with Crippen LogP contribution in [0.3, 0.4) is 0 Å². The minimum Gasteiger partial charge on any atom is -0.395 e. The van der Waals surface area contributed by atoms with Crippen LogP contribution in [0.2, 0.25) is 0 Å². The Labute approximate surface area is 113 Å². The third-order valence-electron chi connectivity index (χ3n) is 2.77. The molecule has 20 heavy (non-hydrogen) atoms. The average molecular weight is 285 g/mol. The van der Waals surface area contributed by atoms with Crippen molar-refractivity contribution in [3.05, 3.63) is 23.5 Å². The van der Waals surface area contributed by atoms with Crippen LogP contribution in [0.1, 0.15) is 16.1 Å². The van der Waals surface area contributed by atoms with Crippen LogP contribution in [0.15, 0.2) is 16.8 Å². The topological polar surface area (TPSA) is 79.5 Å². The maximum atomic E-state index is 12.4. The lowest BCUT2D eigenvalue weighted by atomic mass is 10.2. The Morgan fingerprint density at radius 3 is 2.95 bits per heavy atom. The number of alkyl halides is 2. The Balaban J connectivity index is 2.30. The zero-order chi connectivity index (χ0) is 14.7. The number of carbonyl (C=O) groups is 1. The van der Waals surface area contributed by atoms with Crippen molar-refractivity contribution in [2.75, 3.05) is 19.7 Å². The molecule has 0 unspecified atom stereocenters. The summed E-state index contributed by atoms with van der Waals surface area (Å²) in [5.41, 5.74) is 0.990. The number of hydrogen-bond donors (Lipinski definition) is 1. The molecule has 0 spiro atoms. The number of halogens is 2. The normalized spacial score (nSPS) is 11.2. The molecule has 2 aromatic rings. The van der Waals surface area contributed by atoms with Crippen LogP contribution < -0.4 is 0 Å². The van der Waals surface area contributed by atoms with Gasteiger partial charge < -0.3 is 14.5 Å². The summed E-state index contributed by atoms with van der Waals surface area (Å²) < 4.78 is 29.8. The lowest BCUT2D eigenvalue weighted by Gasteiger charge is -2.21. The fourth-order valence-corrected chi connectivity index (χ4v) is 1.81. The van der Waals surface area contributed by atoms with E-state index in [0.717, 1.165) is 4.90 Å². The quantitative estimate of drug-likeness (QED) is 0.893. The van der Waals surface area contributed by atoms with Gasteiger partial charge in [-0.25, -0.2) is 13.8 Å². The van der Waals surface area contributed by atoms with Gasteiger partial charge in [-0.15, -0.1) is 0 Å². The Morgan fingerprint density at radius 2 is 2.30 bits per heavy atom. The first-order valence-corrected chi connectivity index (χ1v) is 5.93. The Kier molecular flexibility index (Phi) is 4.23. The molecule has 6 nitrogen and oxygen atoms in total. The number of nitrogens with zero attached hydrogens (tertiary/aromatic N) is 3. The van der Waals surface area contributed by atoms with Gasteiger partial charge in [-0.2, -0.15) is 0 Å². The molecule has 0 atom stereocenters. The summed E-state index contributed by atoms with van der Waals surface area (Å²) in [5.74, 6) is -0.616. The molecule has 2 aromatic heterocycles. The first-order chi connectivity index (χ1) is 9.52. The highest BCUT2D eigenvalue weighted by Gasteiger charge is 2.20. The highest BCUT2D eigenvalue weighted by Crippen LogP contribution is 2.18. The molecule has 8 heteroatoms. The smallest absolute Gasteiger partial charge is 0.257 e. The summed E-state index contributed by atoms with van der Waals surface area (Å²) in [6.07, 6.45) is -1.43. The van der Waals surface area contributed by atoms with E-state index in [0.29, 0.717) is 11.1 Å². The maximum Gasteiger partial charge on any atom is 0.257 e. The predicted octanol–water partition coefficient (Wildman–Crippen LogP) is 1.23. The second kappa shape index (κ2) is 5.91. The van der Waals surface area contributed by atoms with Gasteiger partial charge >= 0.3 is 0 Å². The van der Waals surface area contributed by atoms with Crippen molar-refractivity contribution in [1.29, 1.82) is 0 Å². The van der Waals surface area contributed by atoms with E-state index in [1.54, 1.807) is 6.92 Å². The van der Waals surface area contributed by atoms with Crippen molar-refractivity contribution < 1.29 is 23.2 Å². The van der Waals surface area contributed by atoms with Crippen molar-refractivity contribution in [2.24, 2.45) is 0 Å². The number of aliphatic hydroxyl groups is 1. The predicted molar refractivity (Wildman–Crippen MR) is 65.5 cm³/mol. The molecule has 0 saturated carbocycles. The minimum absolute atomic E-state index is 0.151. The van der Waals surface area contributed by atoms with E-state index < -0.39 is 18.9 Å². The van der Waals surface area contributed by atoms with Crippen LogP contribution in [-0.4, -0.2) is 52.2 Å². The van der Waals surface area contributed by atoms with Crippen LogP contribution in [-0.2, 0) is 0 Å². The number of fused-ring (bicyclic) bond motifs is 1. The molecule has 0 saturated heterocycles. The Hall–Kier alpha value is -2.09. The van der Waals surface area contributed by atoms with Gasteiger partial charge in [0.2, 0.25) is 0 Å². The van der Waals surface area contributed by atoms with Gasteiger partial charge in [0.1, 0.15) is 0 Å². The van der Waals surface area contributed by atoms with Gasteiger partial charge in [0.15, 0.2) is 0 Å². The fourth-order valence-electron chi connectivity index (χ4n) is 1.81. The molecule has 0 aliphatic heterocycles. The number of carbonyl (C=O) groups excluding carboxylic acids is 1. The molecule has 2 heterocycles. The summed E-state index contributed by atoms with van der Waals surface area (Å²) in [5, 5.41) is 13.1. The number of pyridine rings is 1. The van der Waals surface area contributed by atoms with E-state index in [4.69, 9.17) is 9.63 Å². The lowest BCUT2D eigenvalue weighted by Crippen LogP contribution is -2.37. The lowest BCUT2D eigenvalue weighted by molar-refractivity contribution is 0.0509. The summed E-state index contributed by atoms with van der Waals surface area (Å²) in [4.78, 5) is 16.9. The molecule has 0 bridgehead atoms. The number of amides is 1. The van der Waals surface area contributed by atoms with Gasteiger partial charge in [-0.3, -0.25) is 4.79 Å². The first-order valence-electron chi connectivity index (χ1n) is 5.93. The second-order valence-electron chi connectivity index (χ2n) is 4.21. The highest BCUT2D eigenvalue weighted by molar-refractivity contribution is 5.97. The fraction of sp³-hybridized carbons (Fsp3) is 0.417. The SMILES string of the molecule is Cc1noc2ncc(C(=O)N(CCO)CC(F)F)cc12. The Bertz CT molecular complexity index is 615. The molecule has 0 radical (unpaired) electrons. The monoisotopic (exact) mass is 285 g/mol. The first kappa shape index (κ1) is 14.3. The van der Waals surface area contributed by atoms with E-state index in [2.05, 4.69) is 10.1 Å². The standard InChI is InChI=1S/C12H13F2N3O3/c1-7-9-4-8(5-15-11(9)20-16-7)12(19)17(2-3-18)6-10(13)14/h4-5,10,18H,2-3,6H2,1H3. The van der Waals surface area contributed by atoms with Gasteiger partial charge in [-0.05, 0) is 13.0 Å². The average Bonchev–Trinajstić information content (AvgIpc) is 2.78. The molecule has 0 fully saturated rings. The number of hydrogen-bond acceptors (Lipinski definition) is 5. The third kappa shape index (κ3) is 2.90. The van der Waals surface area contributed by atoms with Crippen LogP contribution in [0.25, 0.3) is 11.1 Å². The van der Waals surface area contributed by atoms with E-state index in [-0.39, 0.29) is 24.4 Å². The van der Waals surface area contributed by atoms with Gasteiger partial charge in [0, 0.05) is 12.7 Å².